The minimum atomic E-state index is -1.02. The molecular formula is C29H48N2O4. The molecular weight excluding hydrogens is 440 g/mol. The molecule has 0 amide bonds. The second kappa shape index (κ2) is 10.5. The molecule has 6 nitrogen and oxygen atoms in total. The van der Waals surface area contributed by atoms with E-state index in [2.05, 4.69) is 72.9 Å². The first-order valence-electron chi connectivity index (χ1n) is 13.3. The van der Waals surface area contributed by atoms with Crippen molar-refractivity contribution in [1.29, 1.82) is 0 Å². The summed E-state index contributed by atoms with van der Waals surface area (Å²) in [5.74, 6) is 0.595. The molecule has 2 saturated heterocycles. The number of esters is 1. The summed E-state index contributed by atoms with van der Waals surface area (Å²) in [6, 6.07) is 7.32. The van der Waals surface area contributed by atoms with Gasteiger partial charge in [0, 0.05) is 41.1 Å². The number of nitrogens with one attached hydrogen (secondary N) is 2. The van der Waals surface area contributed by atoms with Crippen LogP contribution >= 0.6 is 0 Å². The highest BCUT2D eigenvalue weighted by Crippen LogP contribution is 2.36. The number of carbonyl (C=O) groups is 1. The Hall–Kier alpha value is -1.47. The first-order chi connectivity index (χ1) is 16.1. The van der Waals surface area contributed by atoms with E-state index >= 15 is 0 Å². The molecule has 3 N–H and O–H groups in total. The van der Waals surface area contributed by atoms with Crippen LogP contribution < -0.4 is 10.6 Å². The van der Waals surface area contributed by atoms with Gasteiger partial charge in [-0.2, -0.15) is 0 Å². The lowest BCUT2D eigenvalue weighted by molar-refractivity contribution is -0.158. The number of aliphatic hydroxyl groups is 1. The van der Waals surface area contributed by atoms with Gasteiger partial charge in [-0.1, -0.05) is 39.8 Å². The summed E-state index contributed by atoms with van der Waals surface area (Å²) in [4.78, 5) is 12.9. The minimum Gasteiger partial charge on any atom is -0.459 e. The zero-order chi connectivity index (χ0) is 26.2. The van der Waals surface area contributed by atoms with Crippen LogP contribution in [0.1, 0.15) is 110 Å². The van der Waals surface area contributed by atoms with Crippen molar-refractivity contribution in [2.75, 3.05) is 0 Å². The third kappa shape index (κ3) is 7.28. The van der Waals surface area contributed by atoms with E-state index in [-0.39, 0.29) is 34.8 Å². The van der Waals surface area contributed by atoms with Gasteiger partial charge in [0.2, 0.25) is 0 Å². The highest BCUT2D eigenvalue weighted by atomic mass is 16.6. The highest BCUT2D eigenvalue weighted by Gasteiger charge is 2.43. The van der Waals surface area contributed by atoms with Gasteiger partial charge < -0.3 is 25.2 Å². The predicted molar refractivity (Wildman–Crippen MR) is 140 cm³/mol. The molecule has 2 fully saturated rings. The lowest BCUT2D eigenvalue weighted by atomic mass is 9.74. The van der Waals surface area contributed by atoms with E-state index in [1.54, 1.807) is 24.3 Å². The molecule has 198 valence electrons. The second-order valence-electron chi connectivity index (χ2n) is 13.1. The molecule has 0 spiro atoms. The van der Waals surface area contributed by atoms with Crippen LogP contribution in [0, 0.1) is 11.8 Å². The Bertz CT molecular complexity index is 864. The maximum atomic E-state index is 12.9. The van der Waals surface area contributed by atoms with Crippen LogP contribution in [0.5, 0.6) is 0 Å². The van der Waals surface area contributed by atoms with E-state index in [4.69, 9.17) is 9.47 Å². The Morgan fingerprint density at radius 1 is 0.943 bits per heavy atom. The molecule has 0 saturated carbocycles. The molecule has 0 aliphatic carbocycles. The highest BCUT2D eigenvalue weighted by molar-refractivity contribution is 5.89. The topological polar surface area (TPSA) is 79.8 Å². The number of aliphatic hydroxyl groups excluding tert-OH is 1. The summed E-state index contributed by atoms with van der Waals surface area (Å²) >= 11 is 0. The van der Waals surface area contributed by atoms with Crippen molar-refractivity contribution in [2.24, 2.45) is 11.8 Å². The zero-order valence-corrected chi connectivity index (χ0v) is 23.3. The summed E-state index contributed by atoms with van der Waals surface area (Å²) in [5.41, 5.74) is 0.905. The summed E-state index contributed by atoms with van der Waals surface area (Å²) in [6.45, 7) is 19.7. The Morgan fingerprint density at radius 2 is 1.54 bits per heavy atom. The van der Waals surface area contributed by atoms with E-state index in [0.29, 0.717) is 29.0 Å². The van der Waals surface area contributed by atoms with Crippen LogP contribution in [-0.4, -0.2) is 45.9 Å². The standard InChI is InChI=1S/C29H48N2O4/c1-18(2)24-14-22(15-27(5,6)30-24)34-25(32)20-10-12-21(13-11-20)26(33)35-23-16-28(7,8)31-29(9,17-23)19(3)4/h10-13,18-19,22-25,30-32H,14-17H2,1-9H3. The molecule has 6 heteroatoms. The normalized spacial score (nSPS) is 31.4. The zero-order valence-electron chi connectivity index (χ0n) is 23.3. The molecule has 1 aromatic rings. The van der Waals surface area contributed by atoms with Crippen molar-refractivity contribution in [3.63, 3.8) is 0 Å². The van der Waals surface area contributed by atoms with Crippen molar-refractivity contribution >= 4 is 5.97 Å². The Labute approximate surface area is 212 Å². The van der Waals surface area contributed by atoms with Crippen molar-refractivity contribution < 1.29 is 19.4 Å². The lowest BCUT2D eigenvalue weighted by Crippen LogP contribution is -2.63. The van der Waals surface area contributed by atoms with Gasteiger partial charge in [0.05, 0.1) is 11.7 Å². The van der Waals surface area contributed by atoms with Crippen LogP contribution in [0.4, 0.5) is 0 Å². The van der Waals surface area contributed by atoms with Crippen LogP contribution in [-0.2, 0) is 9.47 Å². The van der Waals surface area contributed by atoms with Crippen LogP contribution in [0.2, 0.25) is 0 Å². The van der Waals surface area contributed by atoms with Crippen molar-refractivity contribution in [2.45, 2.75) is 129 Å². The average molecular weight is 489 g/mol. The van der Waals surface area contributed by atoms with Gasteiger partial charge in [-0.15, -0.1) is 0 Å². The molecule has 3 rings (SSSR count). The SMILES string of the molecule is CC(C)C1CC(OC(O)c2ccc(C(=O)OC3CC(C)(C)NC(C)(C(C)C)C3)cc2)CC(C)(C)N1. The number of hydrogen-bond donors (Lipinski definition) is 3. The second-order valence-corrected chi connectivity index (χ2v) is 13.1. The lowest BCUT2D eigenvalue weighted by Gasteiger charge is -2.49. The van der Waals surface area contributed by atoms with Crippen LogP contribution in [0.25, 0.3) is 0 Å². The summed E-state index contributed by atoms with van der Waals surface area (Å²) in [5, 5.41) is 18.2. The van der Waals surface area contributed by atoms with Gasteiger partial charge in [-0.05, 0) is 71.4 Å². The third-order valence-electron chi connectivity index (χ3n) is 7.95. The average Bonchev–Trinajstić information content (AvgIpc) is 2.71. The summed E-state index contributed by atoms with van der Waals surface area (Å²) < 4.78 is 12.0. The fraction of sp³-hybridized carbons (Fsp3) is 0.759. The van der Waals surface area contributed by atoms with E-state index < -0.39 is 6.29 Å². The van der Waals surface area contributed by atoms with Gasteiger partial charge in [-0.25, -0.2) is 4.79 Å². The fourth-order valence-electron chi connectivity index (χ4n) is 5.81. The molecule has 2 aliphatic rings. The maximum absolute atomic E-state index is 12.9. The number of ether oxygens (including phenoxy) is 2. The molecule has 0 aromatic heterocycles. The Morgan fingerprint density at radius 3 is 2.11 bits per heavy atom. The van der Waals surface area contributed by atoms with E-state index in [1.165, 1.54) is 0 Å². The van der Waals surface area contributed by atoms with Gasteiger partial charge in [-0.3, -0.25) is 0 Å². The van der Waals surface area contributed by atoms with Crippen LogP contribution in [0.15, 0.2) is 24.3 Å². The fourth-order valence-corrected chi connectivity index (χ4v) is 5.81. The maximum Gasteiger partial charge on any atom is 0.338 e. The van der Waals surface area contributed by atoms with Gasteiger partial charge in [0.15, 0.2) is 6.29 Å². The van der Waals surface area contributed by atoms with Crippen molar-refractivity contribution in [3.05, 3.63) is 35.4 Å². The molecule has 0 radical (unpaired) electrons. The molecule has 35 heavy (non-hydrogen) atoms. The third-order valence-corrected chi connectivity index (χ3v) is 7.95. The number of carbonyl (C=O) groups excluding carboxylic acids is 1. The van der Waals surface area contributed by atoms with E-state index in [1.807, 2.05) is 0 Å². The number of rotatable bonds is 7. The number of benzene rings is 1. The Kier molecular flexibility index (Phi) is 8.42. The van der Waals surface area contributed by atoms with Crippen molar-refractivity contribution in [1.82, 2.24) is 10.6 Å². The van der Waals surface area contributed by atoms with Gasteiger partial charge in [0.25, 0.3) is 0 Å². The molecule has 5 unspecified atom stereocenters. The summed E-state index contributed by atoms with van der Waals surface area (Å²) in [7, 11) is 0. The first-order valence-corrected chi connectivity index (χ1v) is 13.3. The summed E-state index contributed by atoms with van der Waals surface area (Å²) in [6.07, 6.45) is 2.06. The molecule has 2 aliphatic heterocycles. The molecule has 1 aromatic carbocycles. The Balaban J connectivity index is 1.61. The van der Waals surface area contributed by atoms with Crippen LogP contribution in [0.3, 0.4) is 0 Å². The largest absolute Gasteiger partial charge is 0.459 e. The van der Waals surface area contributed by atoms with Crippen molar-refractivity contribution in [3.8, 4) is 0 Å². The van der Waals surface area contributed by atoms with E-state index in [0.717, 1.165) is 25.7 Å². The van der Waals surface area contributed by atoms with Gasteiger partial charge >= 0.3 is 5.97 Å². The predicted octanol–water partition coefficient (Wildman–Crippen LogP) is 5.35. The quantitative estimate of drug-likeness (QED) is 0.355. The monoisotopic (exact) mass is 488 g/mol. The molecule has 5 atom stereocenters. The molecule has 2 heterocycles. The number of hydrogen-bond acceptors (Lipinski definition) is 6. The first kappa shape index (κ1) is 28.1. The van der Waals surface area contributed by atoms with Gasteiger partial charge in [0.1, 0.15) is 6.10 Å². The molecule has 0 bridgehead atoms. The van der Waals surface area contributed by atoms with E-state index in [9.17, 15) is 9.90 Å². The number of piperidine rings is 2. The smallest absolute Gasteiger partial charge is 0.338 e. The minimum absolute atomic E-state index is 0.0307.